The monoisotopic (exact) mass is 1090 g/mol. The Morgan fingerprint density at radius 2 is 0.366 bits per heavy atom. The largest absolute Gasteiger partial charge is 4.00 e. The number of hydrogen-bond donors (Lipinski definition) is 0. The second kappa shape index (κ2) is 24.6. The standard InChI is InChI=1S/C54H93N12Si.3ClH.Ti/c1-32-33(2)35(4)51(34(32)3)67(52-36(5)39(55(8)9)42(58(14)15)45(61(20)21)48(52)64(26)27,53-37(6)40(56(10)11)43(59(16)17)46(62(22)23)49(53)65(28)29)54-38(7)41(57(12)13)44(60(18)19)47(63(24)25)50(54)66(30)31;;;;/h1-31H3;3*1H;/q-1;;;;+4/p-3. The second-order valence-corrected chi connectivity index (χ2v) is 25.0. The van der Waals surface area contributed by atoms with Crippen molar-refractivity contribution in [3.8, 4) is 0 Å². The molecule has 17 heteroatoms. The Balaban J connectivity index is 0.0000122. The normalized spacial score (nSPS) is 10.9. The molecule has 0 N–H and O–H groups in total. The number of halogens is 3. The summed E-state index contributed by atoms with van der Waals surface area (Å²) in [5, 5.41) is 5.69. The third kappa shape index (κ3) is 10.7. The smallest absolute Gasteiger partial charge is 1.00 e. The van der Waals surface area contributed by atoms with Crippen LogP contribution in [0.1, 0.15) is 38.9 Å². The van der Waals surface area contributed by atoms with E-state index in [1.807, 2.05) is 0 Å². The first kappa shape index (κ1) is 67.4. The molecule has 398 valence electrons. The van der Waals surface area contributed by atoms with Crippen molar-refractivity contribution in [2.24, 2.45) is 0 Å². The third-order valence-corrected chi connectivity index (χ3v) is 19.8. The molecule has 0 saturated heterocycles. The first-order chi connectivity index (χ1) is 30.7. The fourth-order valence-corrected chi connectivity index (χ4v) is 19.0. The Bertz CT molecular complexity index is 2260. The predicted octanol–water partition coefficient (Wildman–Crippen LogP) is -3.26. The van der Waals surface area contributed by atoms with Crippen LogP contribution in [-0.2, 0) is 21.7 Å². The summed E-state index contributed by atoms with van der Waals surface area (Å²) >= 11 is 0. The van der Waals surface area contributed by atoms with Crippen LogP contribution in [0, 0.1) is 48.5 Å². The minimum Gasteiger partial charge on any atom is -1.00 e. The van der Waals surface area contributed by atoms with E-state index in [1.165, 1.54) is 128 Å². The molecule has 0 aliphatic heterocycles. The van der Waals surface area contributed by atoms with Gasteiger partial charge in [-0.3, -0.25) is 0 Å². The summed E-state index contributed by atoms with van der Waals surface area (Å²) in [7, 11) is 49.9. The van der Waals surface area contributed by atoms with E-state index < -0.39 is 8.07 Å². The molecule has 71 heavy (non-hydrogen) atoms. The minimum atomic E-state index is -3.83. The van der Waals surface area contributed by atoms with E-state index in [4.69, 9.17) is 0 Å². The Hall–Kier alpha value is -3.59. The van der Waals surface area contributed by atoms with Gasteiger partial charge in [0.15, 0.2) is 0 Å². The van der Waals surface area contributed by atoms with E-state index in [1.54, 1.807) is 0 Å². The summed E-state index contributed by atoms with van der Waals surface area (Å²) in [5.74, 6) is 0. The number of benzene rings is 3. The Morgan fingerprint density at radius 1 is 0.225 bits per heavy atom. The predicted molar refractivity (Wildman–Crippen MR) is 311 cm³/mol. The van der Waals surface area contributed by atoms with E-state index in [9.17, 15) is 0 Å². The second-order valence-electron chi connectivity index (χ2n) is 21.5. The van der Waals surface area contributed by atoms with Gasteiger partial charge in [-0.1, -0.05) is 27.7 Å². The summed E-state index contributed by atoms with van der Waals surface area (Å²) < 4.78 is 0. The Kier molecular flexibility index (Phi) is 23.4. The van der Waals surface area contributed by atoms with Crippen molar-refractivity contribution in [1.29, 1.82) is 0 Å². The molecule has 0 spiro atoms. The number of nitrogens with zero attached hydrogens (tertiary/aromatic N) is 12. The van der Waals surface area contributed by atoms with Crippen molar-refractivity contribution < 1.29 is 58.9 Å². The zero-order valence-corrected chi connectivity index (χ0v) is 54.8. The van der Waals surface area contributed by atoms with E-state index >= 15 is 0 Å². The number of hydrogen-bond acceptors (Lipinski definition) is 12. The van der Waals surface area contributed by atoms with Gasteiger partial charge in [0.1, 0.15) is 8.07 Å². The average Bonchev–Trinajstić information content (AvgIpc) is 3.38. The SMILES string of the molecule is Cc1c(N(C)C)c(N(C)C)c(N(C)C)c(N(C)C)c1[Si](c1c(C)c(N(C)C)c(N(C)C)c(N(C)C)c1N(C)C)(c1c(C)c(N(C)C)c(N(C)C)c(N(C)C)c1N(C)C)[c-]1c(C)c(C)c(C)c1C.[Cl-].[Cl-].[Cl-].[Ti+4]. The molecule has 0 atom stereocenters. The molecule has 4 rings (SSSR count). The maximum atomic E-state index is 2.44. The molecule has 0 fully saturated rings. The van der Waals surface area contributed by atoms with E-state index in [0.717, 1.165) is 0 Å². The van der Waals surface area contributed by atoms with E-state index in [-0.39, 0.29) is 58.9 Å². The van der Waals surface area contributed by atoms with Gasteiger partial charge in [-0.25, -0.2) is 0 Å². The van der Waals surface area contributed by atoms with Gasteiger partial charge in [0.2, 0.25) is 0 Å². The van der Waals surface area contributed by atoms with Gasteiger partial charge in [0.25, 0.3) is 0 Å². The summed E-state index contributed by atoms with van der Waals surface area (Å²) in [5.41, 5.74) is 24.0. The summed E-state index contributed by atoms with van der Waals surface area (Å²) in [6.07, 6.45) is 0. The van der Waals surface area contributed by atoms with Crippen LogP contribution < -0.4 is 117 Å². The maximum Gasteiger partial charge on any atom is 4.00 e. The molecule has 12 nitrogen and oxygen atoms in total. The first-order valence-electron chi connectivity index (χ1n) is 23.7. The fourth-order valence-electron chi connectivity index (χ4n) is 11.8. The number of rotatable bonds is 16. The van der Waals surface area contributed by atoms with Crippen LogP contribution in [0.15, 0.2) is 0 Å². The van der Waals surface area contributed by atoms with Crippen LogP contribution in [-0.4, -0.2) is 177 Å². The summed E-state index contributed by atoms with van der Waals surface area (Å²) in [6, 6.07) is 0. The molecule has 0 unspecified atom stereocenters. The maximum absolute atomic E-state index is 3.83. The van der Waals surface area contributed by atoms with Crippen LogP contribution in [0.25, 0.3) is 0 Å². The van der Waals surface area contributed by atoms with Gasteiger partial charge in [0.05, 0.1) is 68.2 Å². The van der Waals surface area contributed by atoms with Crippen LogP contribution in [0.3, 0.4) is 0 Å². The first-order valence-corrected chi connectivity index (χ1v) is 25.7. The van der Waals surface area contributed by atoms with Crippen molar-refractivity contribution in [3.63, 3.8) is 0 Å². The third-order valence-electron chi connectivity index (χ3n) is 14.2. The van der Waals surface area contributed by atoms with Gasteiger partial charge in [-0.2, -0.15) is 22.3 Å². The zero-order chi connectivity index (χ0) is 51.7. The molecule has 0 aliphatic rings. The molecular weight excluding hydrogens is 999 g/mol. The molecule has 0 heterocycles. The molecule has 4 aromatic rings. The molecule has 4 aromatic carbocycles. The molecule has 0 amide bonds. The topological polar surface area (TPSA) is 38.9 Å². The zero-order valence-electron chi connectivity index (χ0n) is 50.0. The van der Waals surface area contributed by atoms with Crippen LogP contribution in [0.4, 0.5) is 68.2 Å². The van der Waals surface area contributed by atoms with Crippen LogP contribution >= 0.6 is 0 Å². The van der Waals surface area contributed by atoms with Gasteiger partial charge >= 0.3 is 21.7 Å². The van der Waals surface area contributed by atoms with Crippen molar-refractivity contribution in [1.82, 2.24) is 0 Å². The van der Waals surface area contributed by atoms with Crippen molar-refractivity contribution in [3.05, 3.63) is 38.9 Å². The quantitative estimate of drug-likeness (QED) is 0.0645. The van der Waals surface area contributed by atoms with Gasteiger partial charge in [-0.05, 0) is 53.0 Å². The molecule has 0 saturated carbocycles. The Labute approximate surface area is 468 Å². The van der Waals surface area contributed by atoms with Gasteiger partial charge < -0.3 is 96.0 Å². The van der Waals surface area contributed by atoms with Crippen LogP contribution in [0.5, 0.6) is 0 Å². The van der Waals surface area contributed by atoms with Crippen LogP contribution in [0.2, 0.25) is 0 Å². The van der Waals surface area contributed by atoms with Crippen molar-refractivity contribution >= 4 is 97.1 Å². The number of anilines is 12. The average molecular weight is 1090 g/mol. The molecule has 0 aliphatic carbocycles. The molecule has 0 bridgehead atoms. The molecule has 0 radical (unpaired) electrons. The van der Waals surface area contributed by atoms with E-state index in [0.29, 0.717) is 0 Å². The summed E-state index contributed by atoms with van der Waals surface area (Å²) in [6.45, 7) is 16.9. The van der Waals surface area contributed by atoms with Gasteiger partial charge in [-0.15, -0.1) is 5.19 Å². The minimum absolute atomic E-state index is 0. The Morgan fingerprint density at radius 3 is 0.507 bits per heavy atom. The van der Waals surface area contributed by atoms with Crippen molar-refractivity contribution in [2.45, 2.75) is 48.5 Å². The van der Waals surface area contributed by atoms with Crippen molar-refractivity contribution in [2.75, 3.05) is 228 Å². The molecular formula is C54H93Cl3N12SiTi. The van der Waals surface area contributed by atoms with Gasteiger partial charge in [0, 0.05) is 169 Å². The van der Waals surface area contributed by atoms with E-state index in [2.05, 4.69) is 276 Å². The fraction of sp³-hybridized carbons (Fsp3) is 0.574. The summed E-state index contributed by atoms with van der Waals surface area (Å²) in [4.78, 5) is 28.6. The molecule has 0 aromatic heterocycles.